The molecule has 3 N–H and O–H groups in total. The van der Waals surface area contributed by atoms with E-state index in [1.54, 1.807) is 48.5 Å². The number of oxazole rings is 1. The first kappa shape index (κ1) is 20.5. The highest BCUT2D eigenvalue weighted by molar-refractivity contribution is 6.07. The number of carbonyl (C=O) groups is 1. The fraction of sp³-hybridized carbons (Fsp3) is 0.125. The molecule has 0 saturated carbocycles. The van der Waals surface area contributed by atoms with Gasteiger partial charge in [-0.2, -0.15) is 15.1 Å². The van der Waals surface area contributed by atoms with Crippen molar-refractivity contribution < 1.29 is 18.6 Å². The molecule has 0 bridgehead atoms. The first-order chi connectivity index (χ1) is 16.0. The number of benzene rings is 2. The topological polar surface area (TPSA) is 111 Å². The van der Waals surface area contributed by atoms with Crippen molar-refractivity contribution in [1.29, 1.82) is 0 Å². The minimum Gasteiger partial charge on any atom is -0.413 e. The molecule has 0 saturated heterocycles. The number of rotatable bonds is 4. The summed E-state index contributed by atoms with van der Waals surface area (Å²) in [7, 11) is 1.57. The normalized spacial score (nSPS) is 13.5. The Morgan fingerprint density at radius 1 is 1.15 bits per heavy atom. The predicted octanol–water partition coefficient (Wildman–Crippen LogP) is 4.46. The Balaban J connectivity index is 1.63. The van der Waals surface area contributed by atoms with Crippen LogP contribution in [-0.2, 0) is 6.42 Å². The summed E-state index contributed by atoms with van der Waals surface area (Å²) in [6.07, 6.45) is 2.25. The highest BCUT2D eigenvalue weighted by Gasteiger charge is 2.38. The Kier molecular flexibility index (Phi) is 5.14. The summed E-state index contributed by atoms with van der Waals surface area (Å²) < 4.78 is 19.7. The number of amides is 1. The third-order valence-electron chi connectivity index (χ3n) is 5.47. The summed E-state index contributed by atoms with van der Waals surface area (Å²) in [5, 5.41) is 7.74. The van der Waals surface area contributed by atoms with Crippen LogP contribution >= 0.6 is 0 Å². The van der Waals surface area contributed by atoms with Gasteiger partial charge < -0.3 is 10.2 Å². The molecule has 1 amide bonds. The van der Waals surface area contributed by atoms with E-state index in [0.29, 0.717) is 58.6 Å². The van der Waals surface area contributed by atoms with Crippen molar-refractivity contribution in [2.45, 2.75) is 6.42 Å². The zero-order valence-corrected chi connectivity index (χ0v) is 17.7. The van der Waals surface area contributed by atoms with Crippen molar-refractivity contribution >= 4 is 23.1 Å². The average Bonchev–Trinajstić information content (AvgIpc) is 3.26. The minimum atomic E-state index is -0.364. The summed E-state index contributed by atoms with van der Waals surface area (Å²) in [4.78, 5) is 22.4. The van der Waals surface area contributed by atoms with Crippen LogP contribution in [0.4, 0.5) is 21.6 Å². The second kappa shape index (κ2) is 8.27. The van der Waals surface area contributed by atoms with E-state index in [1.807, 2.05) is 12.1 Å². The zero-order valence-electron chi connectivity index (χ0n) is 17.7. The maximum absolute atomic E-state index is 13.6. The van der Waals surface area contributed by atoms with E-state index in [0.717, 1.165) is 5.56 Å². The maximum atomic E-state index is 13.6. The van der Waals surface area contributed by atoms with Gasteiger partial charge in [0, 0.05) is 25.2 Å². The Labute approximate surface area is 188 Å². The number of aromatic amines is 1. The van der Waals surface area contributed by atoms with Crippen LogP contribution < -0.4 is 15.6 Å². The van der Waals surface area contributed by atoms with E-state index in [4.69, 9.17) is 10.2 Å². The van der Waals surface area contributed by atoms with Gasteiger partial charge in [-0.1, -0.05) is 6.07 Å². The molecule has 0 unspecified atom stereocenters. The molecule has 164 valence electrons. The molecule has 2 aromatic heterocycles. The van der Waals surface area contributed by atoms with Gasteiger partial charge in [-0.05, 0) is 54.1 Å². The number of fused-ring (bicyclic) bond motifs is 1. The molecule has 0 atom stereocenters. The number of hydrogen-bond donors (Lipinski definition) is 1. The smallest absolute Gasteiger partial charge is 0.360 e. The van der Waals surface area contributed by atoms with Gasteiger partial charge in [-0.3, -0.25) is 0 Å². The molecule has 1 aliphatic heterocycles. The van der Waals surface area contributed by atoms with Crippen molar-refractivity contribution in [1.82, 2.24) is 4.98 Å². The van der Waals surface area contributed by atoms with Gasteiger partial charge in [0.2, 0.25) is 5.76 Å². The molecule has 9 heteroatoms. The molecular formula is C24H20FN6O2+. The number of pyridine rings is 1. The highest BCUT2D eigenvalue weighted by atomic mass is 19.1. The molecule has 1 aliphatic rings. The fourth-order valence-electron chi connectivity index (χ4n) is 3.86. The summed E-state index contributed by atoms with van der Waals surface area (Å²) >= 11 is 0. The molecule has 8 nitrogen and oxygen atoms in total. The largest absolute Gasteiger partial charge is 0.413 e. The number of H-pyrrole nitrogens is 1. The summed E-state index contributed by atoms with van der Waals surface area (Å²) in [6, 6.07) is 14.9. The van der Waals surface area contributed by atoms with Crippen LogP contribution in [0.5, 0.6) is 0 Å². The summed E-state index contributed by atoms with van der Waals surface area (Å²) in [5.74, 6) is 0.678. The van der Waals surface area contributed by atoms with Gasteiger partial charge in [0.25, 0.3) is 5.89 Å². The quantitative estimate of drug-likeness (QED) is 0.371. The maximum Gasteiger partial charge on any atom is 0.360 e. The Bertz CT molecular complexity index is 1380. The van der Waals surface area contributed by atoms with Crippen LogP contribution in [-0.4, -0.2) is 24.5 Å². The molecule has 0 aliphatic carbocycles. The lowest BCUT2D eigenvalue weighted by Crippen LogP contribution is -2.41. The van der Waals surface area contributed by atoms with Gasteiger partial charge in [0.1, 0.15) is 11.5 Å². The monoisotopic (exact) mass is 443 g/mol. The van der Waals surface area contributed by atoms with Crippen LogP contribution in [0.25, 0.3) is 22.8 Å². The summed E-state index contributed by atoms with van der Waals surface area (Å²) in [6.45, 7) is 0.444. The van der Waals surface area contributed by atoms with E-state index >= 15 is 0 Å². The van der Waals surface area contributed by atoms with Crippen molar-refractivity contribution in [2.75, 3.05) is 24.2 Å². The third-order valence-corrected chi connectivity index (χ3v) is 5.47. The van der Waals surface area contributed by atoms with Gasteiger partial charge in [-0.15, -0.1) is 0 Å². The lowest BCUT2D eigenvalue weighted by molar-refractivity contribution is -0.354. The number of nitrogen functional groups attached to an aromatic ring is 1. The number of anilines is 2. The second-order valence-corrected chi connectivity index (χ2v) is 7.53. The number of halogens is 1. The third kappa shape index (κ3) is 3.73. The molecule has 0 spiro atoms. The Morgan fingerprint density at radius 3 is 2.70 bits per heavy atom. The van der Waals surface area contributed by atoms with Crippen LogP contribution in [0.1, 0.15) is 16.1 Å². The van der Waals surface area contributed by atoms with Crippen LogP contribution in [0.2, 0.25) is 0 Å². The van der Waals surface area contributed by atoms with E-state index < -0.39 is 0 Å². The van der Waals surface area contributed by atoms with Crippen molar-refractivity contribution in [3.05, 3.63) is 77.9 Å². The number of nitrogens with one attached hydrogen (secondary N) is 1. The number of nitrogens with two attached hydrogens (primary N) is 1. The Morgan fingerprint density at radius 2 is 1.94 bits per heavy atom. The molecule has 2 aromatic carbocycles. The molecule has 33 heavy (non-hydrogen) atoms. The molecule has 3 heterocycles. The zero-order chi connectivity index (χ0) is 22.9. The average molecular weight is 443 g/mol. The van der Waals surface area contributed by atoms with Crippen molar-refractivity contribution in [3.8, 4) is 22.8 Å². The number of azo groups is 1. The van der Waals surface area contributed by atoms with Crippen LogP contribution in [0.15, 0.2) is 75.4 Å². The number of hydrogen-bond acceptors (Lipinski definition) is 6. The number of carbonyl (C=O) groups excluding carboxylic acids is 1. The van der Waals surface area contributed by atoms with Gasteiger partial charge in [0.05, 0.1) is 17.8 Å². The van der Waals surface area contributed by atoms with E-state index in [1.165, 1.54) is 12.1 Å². The molecule has 0 fully saturated rings. The predicted molar refractivity (Wildman–Crippen MR) is 121 cm³/mol. The van der Waals surface area contributed by atoms with Crippen LogP contribution in [0, 0.1) is 5.82 Å². The molecule has 0 radical (unpaired) electrons. The van der Waals surface area contributed by atoms with E-state index in [-0.39, 0.29) is 11.7 Å². The number of aromatic nitrogens is 2. The highest BCUT2D eigenvalue weighted by Crippen LogP contribution is 2.36. The van der Waals surface area contributed by atoms with Crippen molar-refractivity contribution in [3.63, 3.8) is 0 Å². The van der Waals surface area contributed by atoms with Gasteiger partial charge >= 0.3 is 11.7 Å². The lowest BCUT2D eigenvalue weighted by Gasteiger charge is -2.20. The fourth-order valence-corrected chi connectivity index (χ4v) is 3.86. The number of nitrogens with zero attached hydrogens (tertiary/aromatic N) is 4. The molecular weight excluding hydrogens is 423 g/mol. The van der Waals surface area contributed by atoms with E-state index in [9.17, 15) is 9.18 Å². The Hall–Kier alpha value is -4.40. The second-order valence-electron chi connectivity index (χ2n) is 7.53. The van der Waals surface area contributed by atoms with E-state index in [2.05, 4.69) is 20.2 Å². The summed E-state index contributed by atoms with van der Waals surface area (Å²) in [5.41, 5.74) is 9.68. The SMILES string of the molecule is CN=Nc1ccc(-c2[nH+]c(N3CCc4cccnc4C3=O)c(-c3ccc(F)cc3)o2)cc1N. The van der Waals surface area contributed by atoms with Gasteiger partial charge in [-0.25, -0.2) is 19.2 Å². The van der Waals surface area contributed by atoms with Crippen LogP contribution in [0.3, 0.4) is 0 Å². The standard InChI is InChI=1S/C24H19FN6O2/c1-27-30-19-9-6-16(13-18(19)26)23-29-22(21(33-23)15-4-7-17(25)8-5-15)31-12-10-14-3-2-11-28-20(14)24(31)32/h2-9,11,13H,10,12,26H2,1H3/p+1. The lowest BCUT2D eigenvalue weighted by atomic mass is 10.0. The van der Waals surface area contributed by atoms with Crippen molar-refractivity contribution in [2.24, 2.45) is 10.2 Å². The first-order valence-corrected chi connectivity index (χ1v) is 10.3. The minimum absolute atomic E-state index is 0.234. The molecule has 5 rings (SSSR count). The first-order valence-electron chi connectivity index (χ1n) is 10.3. The van der Waals surface area contributed by atoms with Gasteiger partial charge in [0.15, 0.2) is 5.69 Å². The molecule has 4 aromatic rings.